The van der Waals surface area contributed by atoms with Crippen LogP contribution in [0.3, 0.4) is 0 Å². The van der Waals surface area contributed by atoms with Gasteiger partial charge in [-0.15, -0.1) is 0 Å². The van der Waals surface area contributed by atoms with Gasteiger partial charge in [-0.1, -0.05) is 37.0 Å². The maximum Gasteiger partial charge on any atom is 0.536 e. The average Bonchev–Trinajstić information content (AvgIpc) is 3.62. The van der Waals surface area contributed by atoms with Gasteiger partial charge >= 0.3 is 6.03 Å². The van der Waals surface area contributed by atoms with Gasteiger partial charge in [-0.25, -0.2) is 0 Å². The summed E-state index contributed by atoms with van der Waals surface area (Å²) >= 11 is 0. The molecule has 1 aromatic carbocycles. The summed E-state index contributed by atoms with van der Waals surface area (Å²) in [5.41, 5.74) is 2.80. The molecule has 0 unspecified atom stereocenters. The minimum Gasteiger partial charge on any atom is -0.489 e. The van der Waals surface area contributed by atoms with E-state index in [1.807, 2.05) is 53.4 Å². The lowest BCUT2D eigenvalue weighted by atomic mass is 9.93. The number of hydrogen-bond donors (Lipinski definition) is 2. The molecule has 1 aromatic heterocycles. The number of aromatic nitrogens is 2. The highest BCUT2D eigenvalue weighted by Crippen LogP contribution is 2.36. The van der Waals surface area contributed by atoms with Crippen LogP contribution in [0.5, 0.6) is 5.75 Å². The number of fused-ring (bicyclic) bond motifs is 1. The summed E-state index contributed by atoms with van der Waals surface area (Å²) in [6.45, 7) is 4.37. The van der Waals surface area contributed by atoms with E-state index < -0.39 is 6.03 Å². The van der Waals surface area contributed by atoms with Crippen LogP contribution in [-0.2, 0) is 4.84 Å². The van der Waals surface area contributed by atoms with Crippen LogP contribution in [0.2, 0.25) is 0 Å². The predicted octanol–water partition coefficient (Wildman–Crippen LogP) is 5.09. The summed E-state index contributed by atoms with van der Waals surface area (Å²) in [6, 6.07) is 3.63. The summed E-state index contributed by atoms with van der Waals surface area (Å²) in [4.78, 5) is 18.8. The lowest BCUT2D eigenvalue weighted by molar-refractivity contribution is -0.703. The van der Waals surface area contributed by atoms with Gasteiger partial charge in [0.2, 0.25) is 0 Å². The molecule has 0 atom stereocenters. The lowest BCUT2D eigenvalue weighted by Gasteiger charge is -2.25. The fourth-order valence-corrected chi connectivity index (χ4v) is 4.69. The maximum absolute atomic E-state index is 13.4. The number of hydroxylamine groups is 1. The third-order valence-electron chi connectivity index (χ3n) is 6.90. The lowest BCUT2D eigenvalue weighted by Crippen LogP contribution is -2.31. The van der Waals surface area contributed by atoms with E-state index in [0.29, 0.717) is 29.7 Å². The van der Waals surface area contributed by atoms with Crippen molar-refractivity contribution >= 4 is 28.3 Å². The summed E-state index contributed by atoms with van der Waals surface area (Å²) < 4.78 is 9.36. The van der Waals surface area contributed by atoms with E-state index in [1.54, 1.807) is 6.08 Å². The topological polar surface area (TPSA) is 88.6 Å². The molecule has 8 nitrogen and oxygen atoms in total. The number of allylic oxidation sites excluding steroid dienone is 7. The summed E-state index contributed by atoms with van der Waals surface area (Å²) in [6.07, 6.45) is 18.5. The van der Waals surface area contributed by atoms with Gasteiger partial charge < -0.3 is 14.7 Å². The maximum atomic E-state index is 13.4. The third-order valence-corrected chi connectivity index (χ3v) is 6.90. The smallest absolute Gasteiger partial charge is 0.489 e. The highest BCUT2D eigenvalue weighted by atomic mass is 16.7. The van der Waals surface area contributed by atoms with E-state index >= 15 is 0 Å². The Morgan fingerprint density at radius 1 is 1.22 bits per heavy atom. The van der Waals surface area contributed by atoms with Crippen molar-refractivity contribution in [1.29, 1.82) is 0 Å². The monoisotopic (exact) mass is 489 g/mol. The van der Waals surface area contributed by atoms with Crippen LogP contribution in [0.1, 0.15) is 44.6 Å². The Kier molecular flexibility index (Phi) is 7.04. The molecule has 2 saturated carbocycles. The van der Waals surface area contributed by atoms with Crippen LogP contribution in [0.25, 0.3) is 10.9 Å². The standard InChI is InChI=1S/C28H32N4O4/c1-3-6-20-7-4-5-8-26(20)32(35-2)28(34)29-25-15-21-17-31(22-11-13-23(33)14-12-22)30-24(21)16-27(25)36-18-19-9-10-19/h3-8,15-17,19,22-23,33H,1,9-14,18H2,2H3/p+1/b20-6-,32-26+. The number of ether oxygens (including phenoxy) is 1. The number of carbonyl (C=O) groups excluding carboxylic acids is 1. The van der Waals surface area contributed by atoms with Crippen molar-refractivity contribution in [1.82, 2.24) is 9.78 Å². The molecule has 2 N–H and O–H groups in total. The first-order valence-electron chi connectivity index (χ1n) is 12.6. The molecule has 5 rings (SSSR count). The highest BCUT2D eigenvalue weighted by Gasteiger charge is 2.28. The number of carbonyl (C=O) groups is 1. The number of anilines is 1. The first-order chi connectivity index (χ1) is 17.6. The molecule has 0 spiro atoms. The molecule has 0 saturated heterocycles. The molecule has 3 aliphatic carbocycles. The summed E-state index contributed by atoms with van der Waals surface area (Å²) in [5.74, 6) is 1.15. The normalized spacial score (nSPS) is 24.1. The second-order valence-electron chi connectivity index (χ2n) is 9.60. The van der Waals surface area contributed by atoms with Crippen molar-refractivity contribution < 1.29 is 24.2 Å². The average molecular weight is 490 g/mol. The minimum absolute atomic E-state index is 0.214. The van der Waals surface area contributed by atoms with E-state index in [4.69, 9.17) is 14.7 Å². The molecule has 0 bridgehead atoms. The van der Waals surface area contributed by atoms with Gasteiger partial charge in [0.1, 0.15) is 7.11 Å². The molecule has 2 fully saturated rings. The van der Waals surface area contributed by atoms with Gasteiger partial charge in [0.25, 0.3) is 0 Å². The van der Waals surface area contributed by atoms with E-state index in [9.17, 15) is 9.90 Å². The molecule has 0 aliphatic heterocycles. The molecular formula is C28H33N4O4+. The van der Waals surface area contributed by atoms with Crippen LogP contribution >= 0.6 is 0 Å². The Morgan fingerprint density at radius 3 is 2.72 bits per heavy atom. The zero-order valence-electron chi connectivity index (χ0n) is 20.6. The van der Waals surface area contributed by atoms with Crippen molar-refractivity contribution in [2.75, 3.05) is 19.0 Å². The Morgan fingerprint density at radius 2 is 2.00 bits per heavy atom. The summed E-state index contributed by atoms with van der Waals surface area (Å²) in [5, 5.41) is 18.6. The molecular weight excluding hydrogens is 456 g/mol. The van der Waals surface area contributed by atoms with E-state index in [0.717, 1.165) is 42.2 Å². The van der Waals surface area contributed by atoms with Gasteiger partial charge in [0.15, 0.2) is 17.1 Å². The molecule has 1 heterocycles. The zero-order valence-corrected chi connectivity index (χ0v) is 20.6. The van der Waals surface area contributed by atoms with Crippen LogP contribution < -0.4 is 10.1 Å². The van der Waals surface area contributed by atoms with Crippen LogP contribution in [-0.4, -0.2) is 51.2 Å². The Hall–Kier alpha value is -3.65. The highest BCUT2D eigenvalue weighted by molar-refractivity contribution is 6.10. The number of aliphatic hydroxyl groups excluding tert-OH is 1. The van der Waals surface area contributed by atoms with E-state index in [-0.39, 0.29) is 12.1 Å². The number of amides is 2. The Labute approximate surface area is 210 Å². The van der Waals surface area contributed by atoms with Crippen molar-refractivity contribution in [2.24, 2.45) is 5.92 Å². The fourth-order valence-electron chi connectivity index (χ4n) is 4.69. The van der Waals surface area contributed by atoms with Gasteiger partial charge in [0.05, 0.1) is 24.3 Å². The van der Waals surface area contributed by atoms with Crippen molar-refractivity contribution in [3.8, 4) is 5.75 Å². The molecule has 8 heteroatoms. The largest absolute Gasteiger partial charge is 0.536 e. The van der Waals surface area contributed by atoms with Crippen LogP contribution in [0.4, 0.5) is 10.5 Å². The number of nitrogens with one attached hydrogen (secondary N) is 1. The predicted molar refractivity (Wildman–Crippen MR) is 139 cm³/mol. The van der Waals surface area contributed by atoms with Gasteiger partial charge in [0, 0.05) is 23.2 Å². The SMILES string of the molecule is C=C/C=C1/C=CC=C/C1=[N+](\OC)C(=O)Nc1cc2cn(C3CCC(O)CC3)nc2cc1OCC1CC1. The number of aliphatic hydroxyl groups is 1. The second kappa shape index (κ2) is 10.5. The minimum atomic E-state index is -0.438. The van der Waals surface area contributed by atoms with Gasteiger partial charge in [-0.2, -0.15) is 15.2 Å². The first-order valence-corrected chi connectivity index (χ1v) is 12.6. The van der Waals surface area contributed by atoms with Gasteiger partial charge in [-0.05, 0) is 61.3 Å². The van der Waals surface area contributed by atoms with Crippen LogP contribution in [0.15, 0.2) is 66.9 Å². The number of nitrogens with zero attached hydrogens (tertiary/aromatic N) is 3. The molecule has 0 radical (unpaired) electrons. The number of hydrogen-bond acceptors (Lipinski definition) is 5. The van der Waals surface area contributed by atoms with Crippen molar-refractivity contribution in [2.45, 2.75) is 50.7 Å². The third kappa shape index (κ3) is 5.28. The molecule has 2 aromatic rings. The second-order valence-corrected chi connectivity index (χ2v) is 9.60. The molecule has 3 aliphatic rings. The Bertz CT molecular complexity index is 1270. The van der Waals surface area contributed by atoms with E-state index in [1.165, 1.54) is 24.7 Å². The summed E-state index contributed by atoms with van der Waals surface area (Å²) in [7, 11) is 1.46. The van der Waals surface area contributed by atoms with Crippen molar-refractivity contribution in [3.05, 3.63) is 66.9 Å². The molecule has 188 valence electrons. The van der Waals surface area contributed by atoms with Crippen molar-refractivity contribution in [3.63, 3.8) is 0 Å². The van der Waals surface area contributed by atoms with Crippen LogP contribution in [0, 0.1) is 5.92 Å². The van der Waals surface area contributed by atoms with E-state index in [2.05, 4.69) is 11.9 Å². The molecule has 2 amide bonds. The fraction of sp³-hybridized carbons (Fsp3) is 0.393. The number of benzene rings is 1. The molecule has 36 heavy (non-hydrogen) atoms. The number of urea groups is 1. The Balaban J connectivity index is 1.46. The zero-order chi connectivity index (χ0) is 25.1. The number of rotatable bonds is 7. The first kappa shape index (κ1) is 24.1. The quantitative estimate of drug-likeness (QED) is 0.418. The van der Waals surface area contributed by atoms with Gasteiger partial charge in [-0.3, -0.25) is 4.68 Å².